The van der Waals surface area contributed by atoms with Crippen LogP contribution >= 0.6 is 15.9 Å². The lowest BCUT2D eigenvalue weighted by Crippen LogP contribution is -2.37. The van der Waals surface area contributed by atoms with Crippen molar-refractivity contribution >= 4 is 33.6 Å². The summed E-state index contributed by atoms with van der Waals surface area (Å²) in [6, 6.07) is 17.4. The van der Waals surface area contributed by atoms with E-state index >= 15 is 0 Å². The minimum Gasteiger partial charge on any atom is -0.463 e. The fourth-order valence-electron chi connectivity index (χ4n) is 4.71. The molecule has 1 aliphatic heterocycles. The van der Waals surface area contributed by atoms with Crippen molar-refractivity contribution in [1.82, 2.24) is 9.78 Å². The number of hydrogen-bond acceptors (Lipinski definition) is 8. The Morgan fingerprint density at radius 2 is 1.55 bits per heavy atom. The van der Waals surface area contributed by atoms with Gasteiger partial charge in [0.05, 0.1) is 30.2 Å². The van der Waals surface area contributed by atoms with E-state index in [9.17, 15) is 9.59 Å². The van der Waals surface area contributed by atoms with Gasteiger partial charge in [0, 0.05) is 53.3 Å². The molecule has 3 aromatic rings. The molecule has 0 bridgehead atoms. The number of hydrogen-bond donors (Lipinski definition) is 0. The van der Waals surface area contributed by atoms with Gasteiger partial charge in [0.1, 0.15) is 19.1 Å². The zero-order valence-corrected chi connectivity index (χ0v) is 24.5. The van der Waals surface area contributed by atoms with Crippen LogP contribution in [0.1, 0.15) is 25.3 Å². The molecule has 210 valence electrons. The van der Waals surface area contributed by atoms with Gasteiger partial charge >= 0.3 is 11.9 Å². The van der Waals surface area contributed by atoms with Gasteiger partial charge in [-0.3, -0.25) is 9.79 Å². The molecular formula is C30H32BrN3O6. The summed E-state index contributed by atoms with van der Waals surface area (Å²) < 4.78 is 23.9. The second kappa shape index (κ2) is 13.6. The van der Waals surface area contributed by atoms with Gasteiger partial charge in [0.25, 0.3) is 0 Å². The second-order valence-corrected chi connectivity index (χ2v) is 10.1. The molecule has 0 saturated carbocycles. The van der Waals surface area contributed by atoms with Crippen molar-refractivity contribution in [2.75, 3.05) is 40.6 Å². The maximum atomic E-state index is 13.6. The Morgan fingerprint density at radius 1 is 0.900 bits per heavy atom. The highest BCUT2D eigenvalue weighted by atomic mass is 79.9. The minimum absolute atomic E-state index is 0.0628. The molecule has 2 atom stereocenters. The third-order valence-electron chi connectivity index (χ3n) is 6.57. The van der Waals surface area contributed by atoms with Crippen LogP contribution in [0.15, 0.2) is 81.5 Å². The zero-order valence-electron chi connectivity index (χ0n) is 22.9. The molecule has 1 aliphatic rings. The number of methoxy groups -OCH3 is 2. The first-order valence-corrected chi connectivity index (χ1v) is 13.6. The van der Waals surface area contributed by atoms with Crippen molar-refractivity contribution in [3.8, 4) is 16.9 Å². The summed E-state index contributed by atoms with van der Waals surface area (Å²) in [5.74, 6) is -2.72. The number of nitrogens with zero attached hydrogens (tertiary/aromatic N) is 3. The normalized spacial score (nSPS) is 17.0. The van der Waals surface area contributed by atoms with Crippen LogP contribution in [0, 0.1) is 5.92 Å². The van der Waals surface area contributed by atoms with Crippen LogP contribution in [0.5, 0.6) is 0 Å². The molecule has 0 fully saturated rings. The SMILES string of the molecule is COCCOC(=O)C1=C(C)N=C(C)C(C(=O)OCCOC)C1c1cn(-c2ccccc2)nc1-c1ccc(Br)cc1. The number of ether oxygens (including phenoxy) is 4. The summed E-state index contributed by atoms with van der Waals surface area (Å²) in [7, 11) is 3.07. The number of aliphatic imine (C=N–C) groups is 1. The van der Waals surface area contributed by atoms with E-state index < -0.39 is 23.8 Å². The zero-order chi connectivity index (χ0) is 28.6. The van der Waals surface area contributed by atoms with E-state index in [-0.39, 0.29) is 32.0 Å². The van der Waals surface area contributed by atoms with Crippen LogP contribution in [0.4, 0.5) is 0 Å². The molecule has 0 spiro atoms. The van der Waals surface area contributed by atoms with Crippen molar-refractivity contribution < 1.29 is 28.5 Å². The minimum atomic E-state index is -0.881. The summed E-state index contributed by atoms with van der Waals surface area (Å²) in [4.78, 5) is 31.7. The maximum absolute atomic E-state index is 13.6. The van der Waals surface area contributed by atoms with Crippen molar-refractivity contribution in [2.45, 2.75) is 19.8 Å². The third kappa shape index (κ3) is 6.57. The Labute approximate surface area is 241 Å². The molecule has 2 aromatic carbocycles. The van der Waals surface area contributed by atoms with E-state index in [1.807, 2.05) is 60.8 Å². The summed E-state index contributed by atoms with van der Waals surface area (Å²) in [5, 5.41) is 4.94. The molecule has 0 N–H and O–H groups in total. The van der Waals surface area contributed by atoms with Gasteiger partial charge in [-0.2, -0.15) is 5.10 Å². The van der Waals surface area contributed by atoms with Crippen LogP contribution in [0.2, 0.25) is 0 Å². The quantitative estimate of drug-likeness (QED) is 0.219. The van der Waals surface area contributed by atoms with Gasteiger partial charge in [0.2, 0.25) is 0 Å². The molecule has 4 rings (SSSR count). The summed E-state index contributed by atoms with van der Waals surface area (Å²) in [6.45, 7) is 4.14. The lowest BCUT2D eigenvalue weighted by Gasteiger charge is -2.31. The third-order valence-corrected chi connectivity index (χ3v) is 7.10. The predicted molar refractivity (Wildman–Crippen MR) is 154 cm³/mol. The first kappa shape index (κ1) is 29.4. The Hall–Kier alpha value is -3.60. The van der Waals surface area contributed by atoms with Gasteiger partial charge in [-0.15, -0.1) is 0 Å². The smallest absolute Gasteiger partial charge is 0.336 e. The Kier molecular flexibility index (Phi) is 10.0. The molecule has 1 aromatic heterocycles. The topological polar surface area (TPSA) is 101 Å². The van der Waals surface area contributed by atoms with E-state index in [4.69, 9.17) is 24.0 Å². The van der Waals surface area contributed by atoms with Crippen LogP contribution in [0.25, 0.3) is 16.9 Å². The van der Waals surface area contributed by atoms with Crippen molar-refractivity contribution in [1.29, 1.82) is 0 Å². The molecule has 0 amide bonds. The highest BCUT2D eigenvalue weighted by Gasteiger charge is 2.44. The number of benzene rings is 2. The van der Waals surface area contributed by atoms with E-state index in [1.54, 1.807) is 18.5 Å². The largest absolute Gasteiger partial charge is 0.463 e. The van der Waals surface area contributed by atoms with E-state index in [0.29, 0.717) is 22.7 Å². The molecule has 9 nitrogen and oxygen atoms in total. The Balaban J connectivity index is 1.91. The molecule has 0 saturated heterocycles. The number of carbonyl (C=O) groups is 2. The van der Waals surface area contributed by atoms with Crippen molar-refractivity contribution in [3.05, 3.63) is 82.1 Å². The van der Waals surface area contributed by atoms with E-state index in [2.05, 4.69) is 20.9 Å². The first-order chi connectivity index (χ1) is 19.3. The number of para-hydroxylation sites is 1. The number of esters is 2. The number of rotatable bonds is 11. The number of allylic oxidation sites excluding steroid dienone is 1. The fraction of sp³-hybridized carbons (Fsp3) is 0.333. The Bertz CT molecular complexity index is 1400. The van der Waals surface area contributed by atoms with E-state index in [0.717, 1.165) is 15.7 Å². The fourth-order valence-corrected chi connectivity index (χ4v) is 4.98. The van der Waals surface area contributed by atoms with Crippen LogP contribution in [-0.4, -0.2) is 68.1 Å². The maximum Gasteiger partial charge on any atom is 0.336 e. The summed E-state index contributed by atoms with van der Waals surface area (Å²) in [5.41, 5.74) is 4.24. The van der Waals surface area contributed by atoms with Crippen molar-refractivity contribution in [3.63, 3.8) is 0 Å². The van der Waals surface area contributed by atoms with Gasteiger partial charge in [0.15, 0.2) is 0 Å². The average Bonchev–Trinajstić information content (AvgIpc) is 3.39. The number of aromatic nitrogens is 2. The summed E-state index contributed by atoms with van der Waals surface area (Å²) in [6.07, 6.45) is 1.86. The molecule has 10 heteroatoms. The lowest BCUT2D eigenvalue weighted by molar-refractivity contribution is -0.148. The predicted octanol–water partition coefficient (Wildman–Crippen LogP) is 5.13. The van der Waals surface area contributed by atoms with Crippen LogP contribution < -0.4 is 0 Å². The Morgan fingerprint density at radius 3 is 2.20 bits per heavy atom. The number of carbonyl (C=O) groups excluding carboxylic acids is 2. The molecule has 2 heterocycles. The molecular weight excluding hydrogens is 578 g/mol. The van der Waals surface area contributed by atoms with Crippen LogP contribution in [-0.2, 0) is 28.5 Å². The van der Waals surface area contributed by atoms with E-state index in [1.165, 1.54) is 14.2 Å². The van der Waals surface area contributed by atoms with Crippen molar-refractivity contribution in [2.24, 2.45) is 10.9 Å². The standard InChI is InChI=1S/C30H32BrN3O6/c1-19-25(29(35)39-16-14-37-3)27(26(20(2)32-19)30(36)40-17-15-38-4)24-18-34(23-8-6-5-7-9-23)33-28(24)21-10-12-22(31)13-11-21/h5-13,18,25,27H,14-17H2,1-4H3. The molecule has 0 radical (unpaired) electrons. The lowest BCUT2D eigenvalue weighted by atomic mass is 9.75. The average molecular weight is 611 g/mol. The molecule has 2 unspecified atom stereocenters. The number of halogens is 1. The van der Waals surface area contributed by atoms with Crippen LogP contribution in [0.3, 0.4) is 0 Å². The van der Waals surface area contributed by atoms with Gasteiger partial charge in [-0.1, -0.05) is 46.3 Å². The van der Waals surface area contributed by atoms with Gasteiger partial charge in [-0.25, -0.2) is 9.48 Å². The highest BCUT2D eigenvalue weighted by molar-refractivity contribution is 9.10. The van der Waals surface area contributed by atoms with Gasteiger partial charge < -0.3 is 18.9 Å². The monoisotopic (exact) mass is 609 g/mol. The highest BCUT2D eigenvalue weighted by Crippen LogP contribution is 2.44. The molecule has 40 heavy (non-hydrogen) atoms. The first-order valence-electron chi connectivity index (χ1n) is 12.8. The summed E-state index contributed by atoms with van der Waals surface area (Å²) >= 11 is 3.50. The second-order valence-electron chi connectivity index (χ2n) is 9.22. The van der Waals surface area contributed by atoms with Gasteiger partial charge in [-0.05, 0) is 38.1 Å². The molecule has 0 aliphatic carbocycles.